The summed E-state index contributed by atoms with van der Waals surface area (Å²) in [5.41, 5.74) is -0.744. The number of nitrogens with one attached hydrogen (secondary N) is 1. The van der Waals surface area contributed by atoms with Crippen LogP contribution in [0.25, 0.3) is 0 Å². The maximum absolute atomic E-state index is 12.3. The number of hydrogen-bond acceptors (Lipinski definition) is 3. The zero-order chi connectivity index (χ0) is 14.8. The van der Waals surface area contributed by atoms with E-state index in [0.717, 1.165) is 12.8 Å². The Hall–Kier alpha value is -1.43. The van der Waals surface area contributed by atoms with Crippen LogP contribution in [-0.2, 0) is 4.79 Å². The van der Waals surface area contributed by atoms with Crippen LogP contribution >= 0.6 is 15.9 Å². The SMILES string of the molecule is CC1CCC(NC(=O)c2ccncc2Br)(C(=O)O)CC1. The molecule has 1 aliphatic carbocycles. The molecule has 1 aromatic rings. The Kier molecular flexibility index (Phi) is 4.42. The molecule has 0 bridgehead atoms. The largest absolute Gasteiger partial charge is 0.480 e. The zero-order valence-electron chi connectivity index (χ0n) is 11.2. The Morgan fingerprint density at radius 3 is 2.65 bits per heavy atom. The molecule has 0 saturated heterocycles. The normalized spacial score (nSPS) is 26.0. The van der Waals surface area contributed by atoms with Crippen LogP contribution in [0.2, 0.25) is 0 Å². The Balaban J connectivity index is 2.19. The second-order valence-electron chi connectivity index (χ2n) is 5.38. The lowest BCUT2D eigenvalue weighted by Crippen LogP contribution is -2.56. The molecule has 0 radical (unpaired) electrons. The fraction of sp³-hybridized carbons (Fsp3) is 0.500. The van der Waals surface area contributed by atoms with Crippen molar-refractivity contribution < 1.29 is 14.7 Å². The van der Waals surface area contributed by atoms with Gasteiger partial charge < -0.3 is 10.4 Å². The second kappa shape index (κ2) is 5.91. The van der Waals surface area contributed by atoms with Gasteiger partial charge in [-0.25, -0.2) is 4.79 Å². The lowest BCUT2D eigenvalue weighted by atomic mass is 9.77. The maximum atomic E-state index is 12.3. The molecule has 2 rings (SSSR count). The fourth-order valence-electron chi connectivity index (χ4n) is 2.49. The van der Waals surface area contributed by atoms with Crippen molar-refractivity contribution in [2.24, 2.45) is 5.92 Å². The summed E-state index contributed by atoms with van der Waals surface area (Å²) in [6.45, 7) is 2.10. The van der Waals surface area contributed by atoms with E-state index in [-0.39, 0.29) is 5.91 Å². The van der Waals surface area contributed by atoms with Gasteiger partial charge in [-0.15, -0.1) is 0 Å². The Morgan fingerprint density at radius 2 is 2.10 bits per heavy atom. The molecule has 1 aromatic heterocycles. The molecule has 1 amide bonds. The van der Waals surface area contributed by atoms with Crippen LogP contribution in [0.15, 0.2) is 22.9 Å². The minimum atomic E-state index is -1.15. The van der Waals surface area contributed by atoms with Crippen molar-refractivity contribution in [1.29, 1.82) is 0 Å². The van der Waals surface area contributed by atoms with E-state index >= 15 is 0 Å². The molecule has 0 aromatic carbocycles. The number of carbonyl (C=O) groups is 2. The summed E-state index contributed by atoms with van der Waals surface area (Å²) in [6, 6.07) is 1.57. The standard InChI is InChI=1S/C14H17BrN2O3/c1-9-2-5-14(6-3-9,13(19)20)17-12(18)10-4-7-16-8-11(10)15/h4,7-9H,2-3,5-6H2,1H3,(H,17,18)(H,19,20). The van der Waals surface area contributed by atoms with Crippen LogP contribution in [0.5, 0.6) is 0 Å². The molecule has 0 spiro atoms. The highest BCUT2D eigenvalue weighted by atomic mass is 79.9. The highest BCUT2D eigenvalue weighted by Crippen LogP contribution is 2.32. The van der Waals surface area contributed by atoms with Crippen LogP contribution in [-0.4, -0.2) is 27.5 Å². The third-order valence-electron chi connectivity index (χ3n) is 3.91. The van der Waals surface area contributed by atoms with Crippen LogP contribution in [0.3, 0.4) is 0 Å². The average Bonchev–Trinajstić information content (AvgIpc) is 2.41. The third-order valence-corrected chi connectivity index (χ3v) is 4.54. The number of rotatable bonds is 3. The number of halogens is 1. The molecule has 5 nitrogen and oxygen atoms in total. The van der Waals surface area contributed by atoms with Gasteiger partial charge in [-0.1, -0.05) is 6.92 Å². The van der Waals surface area contributed by atoms with Crippen LogP contribution in [0.4, 0.5) is 0 Å². The van der Waals surface area contributed by atoms with E-state index in [9.17, 15) is 14.7 Å². The van der Waals surface area contributed by atoms with Crippen LogP contribution in [0.1, 0.15) is 43.0 Å². The van der Waals surface area contributed by atoms with Gasteiger partial charge in [-0.05, 0) is 53.6 Å². The summed E-state index contributed by atoms with van der Waals surface area (Å²) < 4.78 is 0.558. The summed E-state index contributed by atoms with van der Waals surface area (Å²) in [5.74, 6) is -0.828. The third kappa shape index (κ3) is 3.00. The summed E-state index contributed by atoms with van der Waals surface area (Å²) in [6.07, 6.45) is 5.59. The van der Waals surface area contributed by atoms with E-state index in [2.05, 4.69) is 33.2 Å². The number of carbonyl (C=O) groups excluding carboxylic acids is 1. The van der Waals surface area contributed by atoms with Crippen LogP contribution < -0.4 is 5.32 Å². The highest BCUT2D eigenvalue weighted by Gasteiger charge is 2.42. The summed E-state index contributed by atoms with van der Waals surface area (Å²) in [4.78, 5) is 27.8. The van der Waals surface area contributed by atoms with Crippen molar-refractivity contribution in [2.75, 3.05) is 0 Å². The Labute approximate surface area is 125 Å². The number of aliphatic carboxylic acids is 1. The lowest BCUT2D eigenvalue weighted by molar-refractivity contribution is -0.146. The highest BCUT2D eigenvalue weighted by molar-refractivity contribution is 9.10. The molecule has 0 aliphatic heterocycles. The Morgan fingerprint density at radius 1 is 1.45 bits per heavy atom. The van der Waals surface area contributed by atoms with E-state index in [4.69, 9.17) is 0 Å². The van der Waals surface area contributed by atoms with Gasteiger partial charge in [0.25, 0.3) is 5.91 Å². The predicted molar refractivity (Wildman–Crippen MR) is 77.4 cm³/mol. The smallest absolute Gasteiger partial charge is 0.329 e. The molecule has 108 valence electrons. The van der Waals surface area contributed by atoms with E-state index in [1.807, 2.05) is 0 Å². The van der Waals surface area contributed by atoms with Crippen molar-refractivity contribution in [3.8, 4) is 0 Å². The minimum Gasteiger partial charge on any atom is -0.480 e. The summed E-state index contributed by atoms with van der Waals surface area (Å²) in [7, 11) is 0. The van der Waals surface area contributed by atoms with Crippen LogP contribution in [0, 0.1) is 5.92 Å². The van der Waals surface area contributed by atoms with Gasteiger partial charge in [0.1, 0.15) is 5.54 Å². The molecule has 1 aliphatic rings. The molecule has 2 N–H and O–H groups in total. The van der Waals surface area contributed by atoms with Gasteiger partial charge in [0.2, 0.25) is 0 Å². The van der Waals surface area contributed by atoms with E-state index in [1.165, 1.54) is 12.4 Å². The summed E-state index contributed by atoms with van der Waals surface area (Å²) in [5, 5.41) is 12.2. The number of aromatic nitrogens is 1. The fourth-order valence-corrected chi connectivity index (χ4v) is 2.92. The topological polar surface area (TPSA) is 79.3 Å². The number of pyridine rings is 1. The van der Waals surface area contributed by atoms with Crippen molar-refractivity contribution in [2.45, 2.75) is 38.1 Å². The van der Waals surface area contributed by atoms with Gasteiger partial charge >= 0.3 is 5.97 Å². The first-order valence-corrected chi connectivity index (χ1v) is 7.39. The molecule has 0 unspecified atom stereocenters. The zero-order valence-corrected chi connectivity index (χ0v) is 12.8. The van der Waals surface area contributed by atoms with Crippen molar-refractivity contribution in [3.05, 3.63) is 28.5 Å². The van der Waals surface area contributed by atoms with Crippen molar-refractivity contribution in [3.63, 3.8) is 0 Å². The van der Waals surface area contributed by atoms with Crippen molar-refractivity contribution in [1.82, 2.24) is 10.3 Å². The van der Waals surface area contributed by atoms with E-state index in [0.29, 0.717) is 28.8 Å². The van der Waals surface area contributed by atoms with Gasteiger partial charge in [-0.3, -0.25) is 9.78 Å². The number of hydrogen-bond donors (Lipinski definition) is 2. The first kappa shape index (κ1) is 15.0. The number of nitrogens with zero attached hydrogens (tertiary/aromatic N) is 1. The maximum Gasteiger partial charge on any atom is 0.329 e. The molecule has 6 heteroatoms. The Bertz CT molecular complexity index is 525. The predicted octanol–water partition coefficient (Wildman–Crippen LogP) is 2.61. The van der Waals surface area contributed by atoms with E-state index < -0.39 is 11.5 Å². The first-order chi connectivity index (χ1) is 9.44. The monoisotopic (exact) mass is 340 g/mol. The quantitative estimate of drug-likeness (QED) is 0.886. The average molecular weight is 341 g/mol. The summed E-state index contributed by atoms with van der Waals surface area (Å²) >= 11 is 3.26. The minimum absolute atomic E-state index is 0.378. The van der Waals surface area contributed by atoms with Gasteiger partial charge in [0.15, 0.2) is 0 Å². The first-order valence-electron chi connectivity index (χ1n) is 6.60. The number of carboxylic acid groups (broad SMARTS) is 1. The van der Waals surface area contributed by atoms with Crippen molar-refractivity contribution >= 4 is 27.8 Å². The molecule has 20 heavy (non-hydrogen) atoms. The molecule has 1 heterocycles. The number of amides is 1. The molecular formula is C14H17BrN2O3. The lowest BCUT2D eigenvalue weighted by Gasteiger charge is -2.36. The van der Waals surface area contributed by atoms with Gasteiger partial charge in [0.05, 0.1) is 5.56 Å². The second-order valence-corrected chi connectivity index (χ2v) is 6.23. The van der Waals surface area contributed by atoms with Gasteiger partial charge in [-0.2, -0.15) is 0 Å². The molecule has 1 saturated carbocycles. The molecule has 1 fully saturated rings. The van der Waals surface area contributed by atoms with Gasteiger partial charge in [0, 0.05) is 16.9 Å². The molecule has 0 atom stereocenters. The molecular weight excluding hydrogens is 324 g/mol. The number of carboxylic acids is 1. The van der Waals surface area contributed by atoms with E-state index in [1.54, 1.807) is 6.07 Å².